The zero-order chi connectivity index (χ0) is 15.8. The van der Waals surface area contributed by atoms with E-state index in [0.717, 1.165) is 24.3 Å². The van der Waals surface area contributed by atoms with Gasteiger partial charge in [0.1, 0.15) is 0 Å². The van der Waals surface area contributed by atoms with Crippen molar-refractivity contribution < 1.29 is 4.79 Å². The number of nitrogens with one attached hydrogen (secondary N) is 1. The summed E-state index contributed by atoms with van der Waals surface area (Å²) >= 11 is 1.83. The van der Waals surface area contributed by atoms with Crippen molar-refractivity contribution in [2.75, 3.05) is 12.3 Å². The topological polar surface area (TPSA) is 55.1 Å². The molecule has 0 aliphatic rings. The summed E-state index contributed by atoms with van der Waals surface area (Å²) < 4.78 is 0. The molecule has 1 atom stereocenters. The van der Waals surface area contributed by atoms with Crippen molar-refractivity contribution >= 4 is 40.8 Å². The van der Waals surface area contributed by atoms with Crippen LogP contribution in [0.3, 0.4) is 0 Å². The highest BCUT2D eigenvalue weighted by molar-refractivity contribution is 7.98. The highest BCUT2D eigenvalue weighted by atomic mass is 35.5. The van der Waals surface area contributed by atoms with E-state index in [1.54, 1.807) is 0 Å². The van der Waals surface area contributed by atoms with E-state index in [1.165, 1.54) is 16.3 Å². The van der Waals surface area contributed by atoms with Gasteiger partial charge in [-0.25, -0.2) is 0 Å². The summed E-state index contributed by atoms with van der Waals surface area (Å²) in [4.78, 5) is 11.7. The summed E-state index contributed by atoms with van der Waals surface area (Å²) in [5, 5.41) is 5.49. The number of amides is 1. The average Bonchev–Trinajstić information content (AvgIpc) is 2.54. The van der Waals surface area contributed by atoms with E-state index < -0.39 is 0 Å². The first-order valence-electron chi connectivity index (χ1n) is 7.80. The number of hydrogen-bond donors (Lipinski definition) is 2. The van der Waals surface area contributed by atoms with Crippen molar-refractivity contribution in [2.45, 2.75) is 31.6 Å². The lowest BCUT2D eigenvalue weighted by atomic mass is 10.1. The minimum absolute atomic E-state index is 0. The van der Waals surface area contributed by atoms with Crippen molar-refractivity contribution in [2.24, 2.45) is 5.73 Å². The molecule has 0 spiro atoms. The molecule has 126 valence electrons. The second-order valence-electron chi connectivity index (χ2n) is 5.38. The minimum atomic E-state index is -0.368. The summed E-state index contributed by atoms with van der Waals surface area (Å²) in [5.41, 5.74) is 7.12. The Morgan fingerprint density at radius 2 is 1.96 bits per heavy atom. The third kappa shape index (κ3) is 6.05. The van der Waals surface area contributed by atoms with Crippen LogP contribution in [0.2, 0.25) is 0 Å². The van der Waals surface area contributed by atoms with Gasteiger partial charge in [0.05, 0.1) is 6.04 Å². The van der Waals surface area contributed by atoms with Crippen LogP contribution in [0.1, 0.15) is 25.3 Å². The smallest absolute Gasteiger partial charge is 0.236 e. The van der Waals surface area contributed by atoms with Crippen LogP contribution in [-0.4, -0.2) is 24.2 Å². The van der Waals surface area contributed by atoms with Crippen LogP contribution in [0.5, 0.6) is 0 Å². The molecule has 0 radical (unpaired) electrons. The van der Waals surface area contributed by atoms with Gasteiger partial charge in [0.15, 0.2) is 0 Å². The fourth-order valence-electron chi connectivity index (χ4n) is 2.42. The molecule has 0 fully saturated rings. The molecular weight excluding hydrogens is 328 g/mol. The van der Waals surface area contributed by atoms with Gasteiger partial charge in [-0.1, -0.05) is 55.8 Å². The van der Waals surface area contributed by atoms with Crippen LogP contribution in [0.15, 0.2) is 42.5 Å². The second kappa shape index (κ2) is 10.5. The number of nitrogens with two attached hydrogens (primary N) is 1. The highest BCUT2D eigenvalue weighted by Gasteiger charge is 2.10. The SMILES string of the molecule is CCCC(N)C(=O)NCCSCc1cccc2ccccc12.Cl. The van der Waals surface area contributed by atoms with Crippen molar-refractivity contribution in [3.8, 4) is 0 Å². The van der Waals surface area contributed by atoms with Gasteiger partial charge < -0.3 is 11.1 Å². The zero-order valence-electron chi connectivity index (χ0n) is 13.5. The highest BCUT2D eigenvalue weighted by Crippen LogP contribution is 2.22. The second-order valence-corrected chi connectivity index (χ2v) is 6.48. The predicted molar refractivity (Wildman–Crippen MR) is 103 cm³/mol. The fourth-order valence-corrected chi connectivity index (χ4v) is 3.28. The van der Waals surface area contributed by atoms with Gasteiger partial charge in [0, 0.05) is 18.1 Å². The summed E-state index contributed by atoms with van der Waals surface area (Å²) in [7, 11) is 0. The number of hydrogen-bond acceptors (Lipinski definition) is 3. The first-order valence-corrected chi connectivity index (χ1v) is 8.95. The molecule has 3 N–H and O–H groups in total. The van der Waals surface area contributed by atoms with E-state index >= 15 is 0 Å². The van der Waals surface area contributed by atoms with Gasteiger partial charge in [-0.2, -0.15) is 11.8 Å². The third-order valence-corrected chi connectivity index (χ3v) is 4.63. The molecule has 23 heavy (non-hydrogen) atoms. The number of fused-ring (bicyclic) bond motifs is 1. The van der Waals surface area contributed by atoms with Gasteiger partial charge in [0.2, 0.25) is 5.91 Å². The lowest BCUT2D eigenvalue weighted by Crippen LogP contribution is -2.41. The number of carbonyl (C=O) groups excluding carboxylic acids is 1. The Balaban J connectivity index is 0.00000264. The largest absolute Gasteiger partial charge is 0.354 e. The number of carbonyl (C=O) groups is 1. The maximum absolute atomic E-state index is 11.7. The van der Waals surface area contributed by atoms with Gasteiger partial charge in [-0.05, 0) is 22.8 Å². The Labute approximate surface area is 148 Å². The molecule has 2 rings (SSSR count). The average molecular weight is 353 g/mol. The number of halogens is 1. The Bertz CT molecular complexity index is 615. The molecule has 5 heteroatoms. The first-order chi connectivity index (χ1) is 10.7. The van der Waals surface area contributed by atoms with Crippen LogP contribution >= 0.6 is 24.2 Å². The van der Waals surface area contributed by atoms with Gasteiger partial charge in [-0.3, -0.25) is 4.79 Å². The maximum Gasteiger partial charge on any atom is 0.236 e. The molecule has 1 amide bonds. The molecule has 3 nitrogen and oxygen atoms in total. The van der Waals surface area contributed by atoms with E-state index in [4.69, 9.17) is 5.73 Å². The lowest BCUT2D eigenvalue weighted by molar-refractivity contribution is -0.122. The Hall–Kier alpha value is -1.23. The van der Waals surface area contributed by atoms with E-state index in [9.17, 15) is 4.79 Å². The van der Waals surface area contributed by atoms with Crippen LogP contribution in [0.4, 0.5) is 0 Å². The molecule has 2 aromatic rings. The van der Waals surface area contributed by atoms with Gasteiger partial charge in [-0.15, -0.1) is 12.4 Å². The van der Waals surface area contributed by atoms with Crippen molar-refractivity contribution in [1.82, 2.24) is 5.32 Å². The quantitative estimate of drug-likeness (QED) is 0.711. The summed E-state index contributed by atoms with van der Waals surface area (Å²) in [5.74, 6) is 1.82. The minimum Gasteiger partial charge on any atom is -0.354 e. The number of rotatable bonds is 8. The number of thioether (sulfide) groups is 1. The monoisotopic (exact) mass is 352 g/mol. The molecular formula is C18H25ClN2OS. The van der Waals surface area contributed by atoms with Crippen LogP contribution in [-0.2, 0) is 10.5 Å². The van der Waals surface area contributed by atoms with Crippen LogP contribution in [0.25, 0.3) is 10.8 Å². The third-order valence-electron chi connectivity index (χ3n) is 3.62. The Kier molecular flexibility index (Phi) is 9.07. The molecule has 2 aromatic carbocycles. The predicted octanol–water partition coefficient (Wildman–Crippen LogP) is 3.74. The molecule has 0 aliphatic carbocycles. The van der Waals surface area contributed by atoms with Crippen molar-refractivity contribution in [1.29, 1.82) is 0 Å². The summed E-state index contributed by atoms with van der Waals surface area (Å²) in [6.45, 7) is 2.71. The molecule has 0 heterocycles. The van der Waals surface area contributed by atoms with Gasteiger partial charge >= 0.3 is 0 Å². The Morgan fingerprint density at radius 1 is 1.22 bits per heavy atom. The lowest BCUT2D eigenvalue weighted by Gasteiger charge is -2.11. The molecule has 0 aromatic heterocycles. The summed E-state index contributed by atoms with van der Waals surface area (Å²) in [6.07, 6.45) is 1.68. The van der Waals surface area contributed by atoms with E-state index in [2.05, 4.69) is 47.8 Å². The standard InChI is InChI=1S/C18H24N2OS.ClH/c1-2-6-17(19)18(21)20-11-12-22-13-15-9-5-8-14-7-3-4-10-16(14)15;/h3-5,7-10,17H,2,6,11-13,19H2,1H3,(H,20,21);1H. The fraction of sp³-hybridized carbons (Fsp3) is 0.389. The van der Waals surface area contributed by atoms with E-state index in [-0.39, 0.29) is 24.4 Å². The van der Waals surface area contributed by atoms with E-state index in [0.29, 0.717) is 6.54 Å². The van der Waals surface area contributed by atoms with Crippen molar-refractivity contribution in [3.05, 3.63) is 48.0 Å². The number of benzene rings is 2. The maximum atomic E-state index is 11.7. The normalized spacial score (nSPS) is 11.7. The van der Waals surface area contributed by atoms with Gasteiger partial charge in [0.25, 0.3) is 0 Å². The Morgan fingerprint density at radius 3 is 2.74 bits per heavy atom. The zero-order valence-corrected chi connectivity index (χ0v) is 15.1. The molecule has 0 aliphatic heterocycles. The molecule has 0 saturated heterocycles. The summed E-state index contributed by atoms with van der Waals surface area (Å²) in [6, 6.07) is 14.5. The molecule has 0 bridgehead atoms. The van der Waals surface area contributed by atoms with Crippen LogP contribution < -0.4 is 11.1 Å². The van der Waals surface area contributed by atoms with Crippen molar-refractivity contribution in [3.63, 3.8) is 0 Å². The first kappa shape index (κ1) is 19.8. The molecule has 1 unspecified atom stereocenters. The molecule has 0 saturated carbocycles. The van der Waals surface area contributed by atoms with E-state index in [1.807, 2.05) is 18.7 Å². The van der Waals surface area contributed by atoms with Crippen LogP contribution in [0, 0.1) is 0 Å².